The van der Waals surface area contributed by atoms with Crippen molar-refractivity contribution in [3.63, 3.8) is 0 Å². The normalized spacial score (nSPS) is 13.4. The third kappa shape index (κ3) is 5.05. The first-order chi connectivity index (χ1) is 13.6. The van der Waals surface area contributed by atoms with Crippen molar-refractivity contribution in [2.24, 2.45) is 0 Å². The van der Waals surface area contributed by atoms with Crippen LogP contribution in [0.5, 0.6) is 11.5 Å². The first kappa shape index (κ1) is 24.0. The van der Waals surface area contributed by atoms with Crippen LogP contribution in [-0.2, 0) is 10.8 Å². The smallest absolute Gasteiger partial charge is 0.255 e. The van der Waals surface area contributed by atoms with E-state index in [0.29, 0.717) is 6.42 Å². The SMILES string of the molecule is C[C@H](CCOc1c(F)c(F)nc(F)c1F)c1cc(C(C)(C)C)c(O)c(C(C)(C)C)c1. The average Bonchev–Trinajstić information content (AvgIpc) is 2.61. The van der Waals surface area contributed by atoms with Gasteiger partial charge >= 0.3 is 0 Å². The number of phenols is 1. The second-order valence-electron chi connectivity index (χ2n) is 9.65. The molecule has 0 saturated carbocycles. The Morgan fingerprint density at radius 2 is 1.33 bits per heavy atom. The number of aromatic nitrogens is 1. The zero-order valence-corrected chi connectivity index (χ0v) is 18.5. The molecule has 0 unspecified atom stereocenters. The van der Waals surface area contributed by atoms with Gasteiger partial charge in [-0.05, 0) is 39.9 Å². The molecular formula is C23H29F4NO2. The van der Waals surface area contributed by atoms with Crippen LogP contribution in [-0.4, -0.2) is 16.7 Å². The van der Waals surface area contributed by atoms with Gasteiger partial charge in [-0.3, -0.25) is 0 Å². The number of pyridine rings is 1. The van der Waals surface area contributed by atoms with Gasteiger partial charge < -0.3 is 9.84 Å². The van der Waals surface area contributed by atoms with Crippen LogP contribution in [0.1, 0.15) is 77.5 Å². The van der Waals surface area contributed by atoms with Gasteiger partial charge in [-0.1, -0.05) is 60.6 Å². The van der Waals surface area contributed by atoms with E-state index in [0.717, 1.165) is 16.7 Å². The van der Waals surface area contributed by atoms with Crippen molar-refractivity contribution in [2.45, 2.75) is 71.6 Å². The number of hydrogen-bond acceptors (Lipinski definition) is 3. The number of nitrogens with zero attached hydrogens (tertiary/aromatic N) is 1. The molecule has 0 fully saturated rings. The molecule has 2 rings (SSSR count). The summed E-state index contributed by atoms with van der Waals surface area (Å²) in [6.45, 7) is 13.8. The predicted octanol–water partition coefficient (Wildman–Crippen LogP) is 6.51. The second-order valence-corrected chi connectivity index (χ2v) is 9.65. The van der Waals surface area contributed by atoms with E-state index in [1.807, 2.05) is 60.6 Å². The minimum absolute atomic E-state index is 0.101. The molecule has 0 saturated heterocycles. The van der Waals surface area contributed by atoms with Crippen molar-refractivity contribution in [2.75, 3.05) is 6.61 Å². The van der Waals surface area contributed by atoms with Crippen LogP contribution in [0.15, 0.2) is 12.1 Å². The summed E-state index contributed by atoms with van der Waals surface area (Å²) in [5.41, 5.74) is 1.93. The molecule has 2 aromatic rings. The quantitative estimate of drug-likeness (QED) is 0.437. The molecule has 0 aliphatic carbocycles. The van der Waals surface area contributed by atoms with Crippen molar-refractivity contribution >= 4 is 0 Å². The Morgan fingerprint density at radius 3 is 1.73 bits per heavy atom. The lowest BCUT2D eigenvalue weighted by molar-refractivity contribution is 0.254. The van der Waals surface area contributed by atoms with Crippen molar-refractivity contribution < 1.29 is 27.4 Å². The van der Waals surface area contributed by atoms with Crippen LogP contribution >= 0.6 is 0 Å². The van der Waals surface area contributed by atoms with Crippen LogP contribution in [0, 0.1) is 23.5 Å². The fourth-order valence-electron chi connectivity index (χ4n) is 3.18. The van der Waals surface area contributed by atoms with Crippen LogP contribution < -0.4 is 4.74 Å². The van der Waals surface area contributed by atoms with Gasteiger partial charge in [-0.15, -0.1) is 0 Å². The van der Waals surface area contributed by atoms with E-state index < -0.39 is 29.3 Å². The summed E-state index contributed by atoms with van der Waals surface area (Å²) in [6.07, 6.45) is 0.336. The summed E-state index contributed by atoms with van der Waals surface area (Å²) >= 11 is 0. The molecule has 1 aromatic heterocycles. The highest BCUT2D eigenvalue weighted by Crippen LogP contribution is 2.41. The first-order valence-corrected chi connectivity index (χ1v) is 9.85. The lowest BCUT2D eigenvalue weighted by Crippen LogP contribution is -2.18. The Labute approximate surface area is 175 Å². The molecule has 1 N–H and O–H groups in total. The van der Waals surface area contributed by atoms with Gasteiger partial charge in [0.05, 0.1) is 6.61 Å². The molecule has 1 atom stereocenters. The van der Waals surface area contributed by atoms with Crippen molar-refractivity contribution in [3.05, 3.63) is 52.4 Å². The molecule has 0 bridgehead atoms. The van der Waals surface area contributed by atoms with Gasteiger partial charge in [0.25, 0.3) is 11.9 Å². The predicted molar refractivity (Wildman–Crippen MR) is 108 cm³/mol. The number of aromatic hydroxyl groups is 1. The first-order valence-electron chi connectivity index (χ1n) is 9.85. The highest BCUT2D eigenvalue weighted by Gasteiger charge is 2.28. The van der Waals surface area contributed by atoms with Crippen LogP contribution in [0.25, 0.3) is 0 Å². The third-order valence-corrected chi connectivity index (χ3v) is 5.07. The summed E-state index contributed by atoms with van der Waals surface area (Å²) < 4.78 is 58.9. The summed E-state index contributed by atoms with van der Waals surface area (Å²) in [4.78, 5) is 2.51. The largest absolute Gasteiger partial charge is 0.507 e. The Bertz CT molecular complexity index is 869. The molecule has 1 heterocycles. The molecule has 1 aromatic carbocycles. The highest BCUT2D eigenvalue weighted by molar-refractivity contribution is 5.50. The number of rotatable bonds is 5. The second kappa shape index (κ2) is 8.44. The van der Waals surface area contributed by atoms with Crippen LogP contribution in [0.2, 0.25) is 0 Å². The summed E-state index contributed by atoms with van der Waals surface area (Å²) in [7, 11) is 0. The van der Waals surface area contributed by atoms with E-state index >= 15 is 0 Å². The van der Waals surface area contributed by atoms with Gasteiger partial charge in [0.1, 0.15) is 5.75 Å². The maximum atomic E-state index is 13.7. The van der Waals surface area contributed by atoms with Crippen molar-refractivity contribution in [1.82, 2.24) is 4.98 Å². The Kier molecular flexibility index (Phi) is 6.74. The maximum Gasteiger partial charge on any atom is 0.255 e. The molecule has 0 aliphatic rings. The minimum Gasteiger partial charge on any atom is -0.507 e. The van der Waals surface area contributed by atoms with E-state index in [1.165, 1.54) is 0 Å². The molecule has 3 nitrogen and oxygen atoms in total. The summed E-state index contributed by atoms with van der Waals surface area (Å²) in [5, 5.41) is 10.8. The van der Waals surface area contributed by atoms with E-state index in [2.05, 4.69) is 4.98 Å². The lowest BCUT2D eigenvalue weighted by atomic mass is 9.77. The van der Waals surface area contributed by atoms with Crippen LogP contribution in [0.3, 0.4) is 0 Å². The van der Waals surface area contributed by atoms with Crippen molar-refractivity contribution in [1.29, 1.82) is 0 Å². The summed E-state index contributed by atoms with van der Waals surface area (Å²) in [5.74, 6) is -7.76. The van der Waals surface area contributed by atoms with E-state index in [-0.39, 0.29) is 29.1 Å². The molecule has 0 spiro atoms. The van der Waals surface area contributed by atoms with E-state index in [9.17, 15) is 22.7 Å². The fourth-order valence-corrected chi connectivity index (χ4v) is 3.18. The Morgan fingerprint density at radius 1 is 0.900 bits per heavy atom. The maximum absolute atomic E-state index is 13.7. The number of phenolic OH excluding ortho intramolecular Hbond substituents is 1. The van der Waals surface area contributed by atoms with Gasteiger partial charge in [0, 0.05) is 0 Å². The zero-order chi connectivity index (χ0) is 23.0. The molecule has 0 radical (unpaired) electrons. The third-order valence-electron chi connectivity index (χ3n) is 5.07. The molecule has 7 heteroatoms. The molecule has 0 amide bonds. The highest BCUT2D eigenvalue weighted by atomic mass is 19.2. The average molecular weight is 427 g/mol. The Balaban J connectivity index is 2.29. The number of halogens is 4. The molecule has 30 heavy (non-hydrogen) atoms. The summed E-state index contributed by atoms with van der Waals surface area (Å²) in [6, 6.07) is 3.84. The topological polar surface area (TPSA) is 42.4 Å². The molecule has 166 valence electrons. The monoisotopic (exact) mass is 427 g/mol. The van der Waals surface area contributed by atoms with Gasteiger partial charge in [0.15, 0.2) is 5.75 Å². The standard InChI is InChI=1S/C23H29F4NO2/c1-12(8-9-30-19-16(24)20(26)28-21(27)17(19)25)13-10-14(22(2,3)4)18(29)15(11-13)23(5,6)7/h10-12,29H,8-9H2,1-7H3/t12-/m1/s1. The molecule has 0 aliphatic heterocycles. The zero-order valence-electron chi connectivity index (χ0n) is 18.5. The molecular weight excluding hydrogens is 398 g/mol. The van der Waals surface area contributed by atoms with E-state index in [4.69, 9.17) is 4.74 Å². The minimum atomic E-state index is -1.75. The fraction of sp³-hybridized carbons (Fsp3) is 0.522. The van der Waals surface area contributed by atoms with Gasteiger partial charge in [-0.2, -0.15) is 22.5 Å². The number of ether oxygens (including phenoxy) is 1. The number of hydrogen-bond donors (Lipinski definition) is 1. The lowest BCUT2D eigenvalue weighted by Gasteiger charge is -2.29. The van der Waals surface area contributed by atoms with Crippen LogP contribution in [0.4, 0.5) is 17.6 Å². The number of benzene rings is 1. The Hall–Kier alpha value is -2.31. The van der Waals surface area contributed by atoms with Gasteiger partial charge in [-0.25, -0.2) is 0 Å². The van der Waals surface area contributed by atoms with Crippen molar-refractivity contribution in [3.8, 4) is 11.5 Å². The van der Waals surface area contributed by atoms with E-state index in [1.54, 1.807) is 0 Å². The van der Waals surface area contributed by atoms with Gasteiger partial charge in [0.2, 0.25) is 11.6 Å².